The second-order valence-electron chi connectivity index (χ2n) is 4.34. The second-order valence-corrected chi connectivity index (χ2v) is 4.34. The van der Waals surface area contributed by atoms with Gasteiger partial charge in [-0.25, -0.2) is 0 Å². The third-order valence-corrected chi connectivity index (χ3v) is 2.75. The number of carboxylic acid groups (broad SMARTS) is 1. The van der Waals surface area contributed by atoms with Crippen LogP contribution in [0.5, 0.6) is 0 Å². The Labute approximate surface area is 114 Å². The first-order valence-electron chi connectivity index (χ1n) is 6.59. The second kappa shape index (κ2) is 9.11. The summed E-state index contributed by atoms with van der Waals surface area (Å²) in [6.07, 6.45) is 2.91. The van der Waals surface area contributed by atoms with Crippen LogP contribution >= 0.6 is 0 Å². The molecule has 0 radical (unpaired) electrons. The molecule has 0 amide bonds. The molecule has 0 aliphatic heterocycles. The summed E-state index contributed by atoms with van der Waals surface area (Å²) in [4.78, 5) is 9.93. The first-order chi connectivity index (χ1) is 9.24. The summed E-state index contributed by atoms with van der Waals surface area (Å²) in [5.41, 5.74) is 5.20. The molecule has 0 spiro atoms. The summed E-state index contributed by atoms with van der Waals surface area (Å²) in [5, 5.41) is 10.8. The first kappa shape index (κ1) is 15.2. The van der Waals surface area contributed by atoms with E-state index in [1.54, 1.807) is 0 Å². The molecule has 0 aliphatic carbocycles. The van der Waals surface area contributed by atoms with Crippen molar-refractivity contribution >= 4 is 16.7 Å². The predicted octanol–water partition coefficient (Wildman–Crippen LogP) is 3.43. The molecule has 0 saturated carbocycles. The summed E-state index contributed by atoms with van der Waals surface area (Å²) < 4.78 is 0. The van der Waals surface area contributed by atoms with Crippen LogP contribution in [-0.4, -0.2) is 17.6 Å². The van der Waals surface area contributed by atoms with E-state index in [4.69, 9.17) is 10.8 Å². The molecule has 0 aliphatic rings. The number of carboxylic acids is 1. The average Bonchev–Trinajstić information content (AvgIpc) is 2.44. The minimum absolute atomic E-state index is 0.278. The zero-order valence-electron chi connectivity index (χ0n) is 11.1. The lowest BCUT2D eigenvalue weighted by atomic mass is 10.1. The minimum Gasteiger partial charge on any atom is -0.481 e. The number of nitrogens with two attached hydrogens (primary N) is 1. The van der Waals surface area contributed by atoms with Crippen LogP contribution in [0.15, 0.2) is 48.5 Å². The van der Waals surface area contributed by atoms with Crippen molar-refractivity contribution in [2.45, 2.75) is 25.7 Å². The lowest BCUT2D eigenvalue weighted by molar-refractivity contribution is -0.137. The standard InChI is InChI=1S/C10H8.C6H13NO2/c1-2-6-10-8-4-3-7-9(10)5-1;7-5-3-1-2-4-6(8)9/h1-8H;1-5,7H2,(H,8,9). The molecule has 2 rings (SSSR count). The van der Waals surface area contributed by atoms with E-state index in [1.165, 1.54) is 10.8 Å². The molecule has 0 aromatic heterocycles. The van der Waals surface area contributed by atoms with Crippen molar-refractivity contribution in [1.82, 2.24) is 0 Å². The van der Waals surface area contributed by atoms with Crippen LogP contribution in [0.1, 0.15) is 25.7 Å². The van der Waals surface area contributed by atoms with Crippen molar-refractivity contribution < 1.29 is 9.90 Å². The molecule has 3 heteroatoms. The summed E-state index contributed by atoms with van der Waals surface area (Å²) in [7, 11) is 0. The number of hydrogen-bond donors (Lipinski definition) is 2. The SMILES string of the molecule is NCCCCCC(=O)O.c1ccc2ccccc2c1. The van der Waals surface area contributed by atoms with E-state index in [0.29, 0.717) is 6.54 Å². The van der Waals surface area contributed by atoms with Gasteiger partial charge >= 0.3 is 5.97 Å². The Hall–Kier alpha value is -1.87. The topological polar surface area (TPSA) is 63.3 Å². The van der Waals surface area contributed by atoms with E-state index < -0.39 is 5.97 Å². The molecule has 2 aromatic rings. The fraction of sp³-hybridized carbons (Fsp3) is 0.312. The molecule has 0 heterocycles. The zero-order valence-corrected chi connectivity index (χ0v) is 11.1. The van der Waals surface area contributed by atoms with Crippen LogP contribution in [0, 0.1) is 0 Å². The Bertz CT molecular complexity index is 431. The van der Waals surface area contributed by atoms with Gasteiger partial charge in [-0.1, -0.05) is 55.0 Å². The fourth-order valence-electron chi connectivity index (χ4n) is 1.73. The normalized spacial score (nSPS) is 9.74. The van der Waals surface area contributed by atoms with Gasteiger partial charge in [0.1, 0.15) is 0 Å². The molecule has 0 unspecified atom stereocenters. The molecule has 0 bridgehead atoms. The average molecular weight is 259 g/mol. The Morgan fingerprint density at radius 3 is 1.74 bits per heavy atom. The van der Waals surface area contributed by atoms with Gasteiger partial charge in [0.15, 0.2) is 0 Å². The summed E-state index contributed by atoms with van der Waals surface area (Å²) >= 11 is 0. The molecular formula is C16H21NO2. The van der Waals surface area contributed by atoms with E-state index in [0.717, 1.165) is 19.3 Å². The number of aliphatic carboxylic acids is 1. The molecule has 0 saturated heterocycles. The number of benzene rings is 2. The highest BCUT2D eigenvalue weighted by atomic mass is 16.4. The zero-order chi connectivity index (χ0) is 13.9. The van der Waals surface area contributed by atoms with Gasteiger partial charge in [-0.05, 0) is 30.2 Å². The van der Waals surface area contributed by atoms with Crippen molar-refractivity contribution in [3.05, 3.63) is 48.5 Å². The van der Waals surface area contributed by atoms with Gasteiger partial charge in [0.25, 0.3) is 0 Å². The molecule has 2 aromatic carbocycles. The van der Waals surface area contributed by atoms with Gasteiger partial charge in [0.2, 0.25) is 0 Å². The lowest BCUT2D eigenvalue weighted by Gasteiger charge is -1.93. The Kier molecular flexibility index (Phi) is 7.28. The van der Waals surface area contributed by atoms with Crippen LogP contribution in [0.25, 0.3) is 10.8 Å². The monoisotopic (exact) mass is 259 g/mol. The highest BCUT2D eigenvalue weighted by Crippen LogP contribution is 2.11. The van der Waals surface area contributed by atoms with Crippen molar-refractivity contribution in [3.8, 4) is 0 Å². The molecule has 3 nitrogen and oxygen atoms in total. The van der Waals surface area contributed by atoms with Crippen molar-refractivity contribution in [2.75, 3.05) is 6.54 Å². The maximum Gasteiger partial charge on any atom is 0.303 e. The smallest absolute Gasteiger partial charge is 0.303 e. The molecule has 0 atom stereocenters. The summed E-state index contributed by atoms with van der Waals surface area (Å²) in [5.74, 6) is -0.716. The van der Waals surface area contributed by atoms with Gasteiger partial charge in [0, 0.05) is 6.42 Å². The third kappa shape index (κ3) is 6.58. The number of carbonyl (C=O) groups is 1. The summed E-state index contributed by atoms with van der Waals surface area (Å²) in [6, 6.07) is 16.7. The summed E-state index contributed by atoms with van der Waals surface area (Å²) in [6.45, 7) is 0.666. The van der Waals surface area contributed by atoms with Crippen LogP contribution < -0.4 is 5.73 Å². The Balaban J connectivity index is 0.000000192. The quantitative estimate of drug-likeness (QED) is 0.808. The van der Waals surface area contributed by atoms with Crippen LogP contribution in [0.3, 0.4) is 0 Å². The van der Waals surface area contributed by atoms with Gasteiger partial charge in [-0.2, -0.15) is 0 Å². The lowest BCUT2D eigenvalue weighted by Crippen LogP contribution is -1.99. The molecular weight excluding hydrogens is 238 g/mol. The Morgan fingerprint density at radius 1 is 0.895 bits per heavy atom. The largest absolute Gasteiger partial charge is 0.481 e. The van der Waals surface area contributed by atoms with Crippen molar-refractivity contribution in [2.24, 2.45) is 5.73 Å². The molecule has 102 valence electrons. The number of unbranched alkanes of at least 4 members (excludes halogenated alkanes) is 2. The van der Waals surface area contributed by atoms with Crippen molar-refractivity contribution in [1.29, 1.82) is 0 Å². The number of rotatable bonds is 5. The molecule has 19 heavy (non-hydrogen) atoms. The van der Waals surface area contributed by atoms with E-state index in [-0.39, 0.29) is 6.42 Å². The van der Waals surface area contributed by atoms with E-state index in [9.17, 15) is 4.79 Å². The number of fused-ring (bicyclic) bond motifs is 1. The van der Waals surface area contributed by atoms with E-state index >= 15 is 0 Å². The highest BCUT2D eigenvalue weighted by molar-refractivity contribution is 5.81. The molecule has 3 N–H and O–H groups in total. The van der Waals surface area contributed by atoms with Crippen LogP contribution in [-0.2, 0) is 4.79 Å². The number of hydrogen-bond acceptors (Lipinski definition) is 2. The maximum atomic E-state index is 9.93. The fourth-order valence-corrected chi connectivity index (χ4v) is 1.73. The Morgan fingerprint density at radius 2 is 1.37 bits per heavy atom. The van der Waals surface area contributed by atoms with E-state index in [2.05, 4.69) is 48.5 Å². The highest BCUT2D eigenvalue weighted by Gasteiger charge is 1.94. The predicted molar refractivity (Wildman–Crippen MR) is 79.1 cm³/mol. The van der Waals surface area contributed by atoms with Crippen molar-refractivity contribution in [3.63, 3.8) is 0 Å². The third-order valence-electron chi connectivity index (χ3n) is 2.75. The van der Waals surface area contributed by atoms with Gasteiger partial charge < -0.3 is 10.8 Å². The van der Waals surface area contributed by atoms with Crippen LogP contribution in [0.4, 0.5) is 0 Å². The van der Waals surface area contributed by atoms with Gasteiger partial charge in [-0.15, -0.1) is 0 Å². The maximum absolute atomic E-state index is 9.93. The minimum atomic E-state index is -0.716. The van der Waals surface area contributed by atoms with E-state index in [1.807, 2.05) is 0 Å². The van der Waals surface area contributed by atoms with Gasteiger partial charge in [0.05, 0.1) is 0 Å². The first-order valence-corrected chi connectivity index (χ1v) is 6.59. The van der Waals surface area contributed by atoms with Gasteiger partial charge in [-0.3, -0.25) is 4.79 Å². The molecule has 0 fully saturated rings. The van der Waals surface area contributed by atoms with Crippen LogP contribution in [0.2, 0.25) is 0 Å².